The molecule has 2 rings (SSSR count). The van der Waals surface area contributed by atoms with Crippen molar-refractivity contribution in [3.8, 4) is 5.75 Å². The summed E-state index contributed by atoms with van der Waals surface area (Å²) in [6, 6.07) is -2.73. The van der Waals surface area contributed by atoms with Gasteiger partial charge in [0.05, 0.1) is 12.4 Å². The highest BCUT2D eigenvalue weighted by atomic mass is 16.4. The number of primary amides is 1. The molecule has 2 aromatic rings. The van der Waals surface area contributed by atoms with E-state index in [0.717, 1.165) is 0 Å². The van der Waals surface area contributed by atoms with E-state index in [1.54, 1.807) is 39.8 Å². The van der Waals surface area contributed by atoms with E-state index in [2.05, 4.69) is 41.9 Å². The number of benzene rings is 1. The molecule has 0 bridgehead atoms. The van der Waals surface area contributed by atoms with Gasteiger partial charge in [-0.1, -0.05) is 67.5 Å². The summed E-state index contributed by atoms with van der Waals surface area (Å²) in [7, 11) is 0. The largest absolute Gasteiger partial charge is 0.508 e. The summed E-state index contributed by atoms with van der Waals surface area (Å²) in [4.78, 5) is 113. The van der Waals surface area contributed by atoms with Crippen LogP contribution in [0.3, 0.4) is 0 Å². The van der Waals surface area contributed by atoms with Crippen molar-refractivity contribution in [3.63, 3.8) is 0 Å². The van der Waals surface area contributed by atoms with Crippen molar-refractivity contribution < 1.29 is 48.6 Å². The van der Waals surface area contributed by atoms with Crippen LogP contribution in [0.5, 0.6) is 5.75 Å². The first kappa shape index (κ1) is 52.1. The Balaban J connectivity index is 2.37. The van der Waals surface area contributed by atoms with E-state index in [1.165, 1.54) is 24.7 Å². The van der Waals surface area contributed by atoms with Crippen LogP contribution in [0.15, 0.2) is 36.8 Å². The zero-order valence-corrected chi connectivity index (χ0v) is 36.8. The predicted octanol–water partition coefficient (Wildman–Crippen LogP) is -0.109. The number of carbonyl (C=O) groups excluding carboxylic acids is 7. The number of hydrogen-bond acceptors (Lipinski definition) is 11. The van der Waals surface area contributed by atoms with E-state index in [4.69, 9.17) is 11.5 Å². The van der Waals surface area contributed by atoms with Crippen molar-refractivity contribution in [2.75, 3.05) is 0 Å². The predicted molar refractivity (Wildman–Crippen MR) is 228 cm³/mol. The van der Waals surface area contributed by atoms with Gasteiger partial charge in [0.2, 0.25) is 41.4 Å². The van der Waals surface area contributed by atoms with Crippen molar-refractivity contribution in [1.29, 1.82) is 0 Å². The third kappa shape index (κ3) is 17.9. The molecule has 7 amide bonds. The number of aromatic nitrogens is 2. The summed E-state index contributed by atoms with van der Waals surface area (Å²) in [6.45, 7) is 14.0. The number of phenolic OH excluding ortho intramolecular Hbond substituents is 1. The normalized spacial score (nSPS) is 14.8. The third-order valence-electron chi connectivity index (χ3n) is 9.81. The first-order valence-electron chi connectivity index (χ1n) is 20.8. The fourth-order valence-corrected chi connectivity index (χ4v) is 6.42. The Labute approximate surface area is 362 Å². The number of amides is 7. The molecule has 0 aliphatic heterocycles. The molecule has 1 aromatic carbocycles. The summed E-state index contributed by atoms with van der Waals surface area (Å²) < 4.78 is 0. The van der Waals surface area contributed by atoms with Crippen molar-refractivity contribution in [2.45, 2.75) is 136 Å². The number of carboxylic acids is 1. The molecule has 0 radical (unpaired) electrons. The van der Waals surface area contributed by atoms with Gasteiger partial charge in [0.15, 0.2) is 0 Å². The van der Waals surface area contributed by atoms with Gasteiger partial charge in [0, 0.05) is 31.2 Å². The average molecular weight is 871 g/mol. The number of nitrogens with two attached hydrogens (primary N) is 2. The molecule has 1 heterocycles. The van der Waals surface area contributed by atoms with Crippen LogP contribution in [0, 0.1) is 23.7 Å². The molecule has 0 fully saturated rings. The Hall–Kier alpha value is -6.05. The molecule has 7 atom stereocenters. The quantitative estimate of drug-likeness (QED) is 0.0590. The van der Waals surface area contributed by atoms with Crippen LogP contribution in [0.4, 0.5) is 0 Å². The standard InChI is InChI=1S/C42H66N10O10/c1-21(2)15-28(43)36(55)47-29(13-14-33(44)54)37(56)51-35(24(7)8)41(60)52-34(23(5)6)40(59)49-31(17-25-9-11-27(53)12-10-25)39(58)48-30(16-22(3)4)38(57)50-32(42(61)62)18-26-19-45-20-46-26/h9-12,19-24,28-32,34-35,53H,13-18,43H2,1-8H3,(H2,44,54)(H,45,46)(H,47,55)(H,48,58)(H,49,59)(H,50,57)(H,51,56)(H,52,60)(H,61,62). The minimum absolute atomic E-state index is 0.0405. The molecular weight excluding hydrogens is 805 g/mol. The van der Waals surface area contributed by atoms with Crippen LogP contribution in [-0.4, -0.2) is 110 Å². The number of hydrogen-bond donors (Lipinski definition) is 11. The van der Waals surface area contributed by atoms with E-state index < -0.39 is 101 Å². The van der Waals surface area contributed by atoms with Gasteiger partial charge in [-0.25, -0.2) is 9.78 Å². The second-order valence-electron chi connectivity index (χ2n) is 17.1. The van der Waals surface area contributed by atoms with Crippen molar-refractivity contribution in [2.24, 2.45) is 35.1 Å². The van der Waals surface area contributed by atoms with E-state index in [-0.39, 0.29) is 49.7 Å². The smallest absolute Gasteiger partial charge is 0.326 e. The van der Waals surface area contributed by atoms with Gasteiger partial charge in [-0.15, -0.1) is 0 Å². The van der Waals surface area contributed by atoms with Crippen molar-refractivity contribution in [1.82, 2.24) is 41.9 Å². The number of carboxylic acid groups (broad SMARTS) is 1. The van der Waals surface area contributed by atoms with Crippen molar-refractivity contribution in [3.05, 3.63) is 48.0 Å². The molecule has 0 aliphatic carbocycles. The average Bonchev–Trinajstić information content (AvgIpc) is 3.69. The van der Waals surface area contributed by atoms with Gasteiger partial charge in [-0.3, -0.25) is 33.6 Å². The number of rotatable bonds is 26. The maximum atomic E-state index is 14.1. The fourth-order valence-electron chi connectivity index (χ4n) is 6.42. The number of aromatic amines is 1. The minimum Gasteiger partial charge on any atom is -0.508 e. The Morgan fingerprint density at radius 2 is 1.11 bits per heavy atom. The lowest BCUT2D eigenvalue weighted by Gasteiger charge is -2.30. The van der Waals surface area contributed by atoms with Crippen LogP contribution in [0.1, 0.15) is 92.3 Å². The number of aliphatic carboxylic acids is 1. The molecule has 0 saturated heterocycles. The molecule has 62 heavy (non-hydrogen) atoms. The maximum Gasteiger partial charge on any atom is 0.326 e. The van der Waals surface area contributed by atoms with Gasteiger partial charge < -0.3 is 58.6 Å². The second-order valence-corrected chi connectivity index (χ2v) is 17.1. The molecule has 7 unspecified atom stereocenters. The first-order valence-corrected chi connectivity index (χ1v) is 20.8. The first-order chi connectivity index (χ1) is 29.0. The molecule has 20 heteroatoms. The summed E-state index contributed by atoms with van der Waals surface area (Å²) in [5.41, 5.74) is 12.3. The highest BCUT2D eigenvalue weighted by Crippen LogP contribution is 2.15. The number of aromatic hydroxyl groups is 1. The van der Waals surface area contributed by atoms with Crippen LogP contribution >= 0.6 is 0 Å². The summed E-state index contributed by atoms with van der Waals surface area (Å²) in [5, 5.41) is 35.5. The van der Waals surface area contributed by atoms with E-state index in [9.17, 15) is 48.6 Å². The van der Waals surface area contributed by atoms with Crippen LogP contribution in [0.25, 0.3) is 0 Å². The lowest BCUT2D eigenvalue weighted by atomic mass is 9.97. The van der Waals surface area contributed by atoms with E-state index >= 15 is 0 Å². The highest BCUT2D eigenvalue weighted by Gasteiger charge is 2.36. The SMILES string of the molecule is CC(C)CC(N)C(=O)NC(CCC(N)=O)C(=O)NC(C(=O)NC(C(=O)NC(Cc1ccc(O)cc1)C(=O)NC(CC(C)C)C(=O)NC(Cc1cnc[nH]1)C(=O)O)C(C)C)C(C)C. The van der Waals surface area contributed by atoms with E-state index in [0.29, 0.717) is 17.7 Å². The molecule has 0 spiro atoms. The fraction of sp³-hybridized carbons (Fsp3) is 0.595. The van der Waals surface area contributed by atoms with Crippen LogP contribution < -0.4 is 43.4 Å². The zero-order chi connectivity index (χ0) is 46.8. The Morgan fingerprint density at radius 1 is 0.629 bits per heavy atom. The lowest BCUT2D eigenvalue weighted by Crippen LogP contribution is -2.61. The topological polar surface area (TPSA) is 330 Å². The number of nitrogens with one attached hydrogen (secondary N) is 7. The monoisotopic (exact) mass is 870 g/mol. The number of imidazole rings is 1. The second kappa shape index (κ2) is 25.0. The molecule has 13 N–H and O–H groups in total. The highest BCUT2D eigenvalue weighted by molar-refractivity contribution is 5.97. The summed E-state index contributed by atoms with van der Waals surface area (Å²) in [5.74, 6) is -7.71. The number of H-pyrrole nitrogens is 1. The van der Waals surface area contributed by atoms with Gasteiger partial charge in [-0.2, -0.15) is 0 Å². The van der Waals surface area contributed by atoms with Gasteiger partial charge in [0.25, 0.3) is 0 Å². The lowest BCUT2D eigenvalue weighted by molar-refractivity contribution is -0.142. The third-order valence-corrected chi connectivity index (χ3v) is 9.81. The molecule has 0 aliphatic rings. The molecule has 20 nitrogen and oxygen atoms in total. The molecule has 0 saturated carbocycles. The Bertz CT molecular complexity index is 1820. The molecule has 1 aromatic heterocycles. The number of carbonyl (C=O) groups is 8. The summed E-state index contributed by atoms with van der Waals surface area (Å²) in [6.07, 6.45) is 2.60. The van der Waals surface area contributed by atoms with Gasteiger partial charge in [-0.05, 0) is 60.6 Å². The van der Waals surface area contributed by atoms with Crippen molar-refractivity contribution >= 4 is 47.3 Å². The summed E-state index contributed by atoms with van der Waals surface area (Å²) >= 11 is 0. The number of phenols is 1. The van der Waals surface area contributed by atoms with E-state index in [1.807, 2.05) is 27.7 Å². The number of nitrogens with zero attached hydrogens (tertiary/aromatic N) is 1. The van der Waals surface area contributed by atoms with Gasteiger partial charge >= 0.3 is 5.97 Å². The van der Waals surface area contributed by atoms with Gasteiger partial charge in [0.1, 0.15) is 42.0 Å². The Morgan fingerprint density at radius 3 is 1.61 bits per heavy atom. The molecular formula is C42H66N10O10. The van der Waals surface area contributed by atoms with Crippen LogP contribution in [-0.2, 0) is 51.2 Å². The molecule has 344 valence electrons. The Kier molecular flexibility index (Phi) is 21.0. The van der Waals surface area contributed by atoms with Crippen LogP contribution in [0.2, 0.25) is 0 Å². The minimum atomic E-state index is -1.36. The maximum absolute atomic E-state index is 14.1. The zero-order valence-electron chi connectivity index (χ0n) is 36.8.